The van der Waals surface area contributed by atoms with Crippen molar-refractivity contribution >= 4 is 53.3 Å². The van der Waals surface area contributed by atoms with Crippen molar-refractivity contribution in [2.75, 3.05) is 0 Å². The number of benzene rings is 6. The Morgan fingerprint density at radius 1 is 0.500 bits per heavy atom. The van der Waals surface area contributed by atoms with Crippen LogP contribution in [0.4, 0.5) is 0 Å². The molecule has 0 fully saturated rings. The van der Waals surface area contributed by atoms with Crippen molar-refractivity contribution in [3.63, 3.8) is 0 Å². The van der Waals surface area contributed by atoms with Crippen LogP contribution in [0.25, 0.3) is 81.8 Å². The molecular formula is C41H22N6S. The molecule has 6 aromatic carbocycles. The summed E-state index contributed by atoms with van der Waals surface area (Å²) in [5.74, 6) is 1.30. The topological polar surface area (TPSA) is 91.2 Å². The standard InChI is InChI=1S/C41H22N6S/c42-23-32-31(41-45-39(25-11-3-1-4-12-25)44-40(46-41)26-13-5-2-6-14-26)21-22-35(33(32)24-43)47-34-17-9-7-15-27(34)29-19-20-30-28-16-8-10-18-36(28)48-38(30)37(29)47/h1-22H. The van der Waals surface area contributed by atoms with Crippen LogP contribution in [0.15, 0.2) is 133 Å². The molecule has 0 radical (unpaired) electrons. The molecule has 222 valence electrons. The summed E-state index contributed by atoms with van der Waals surface area (Å²) in [6, 6.07) is 48.9. The Hall–Kier alpha value is -6.67. The lowest BCUT2D eigenvalue weighted by Crippen LogP contribution is -2.05. The van der Waals surface area contributed by atoms with Crippen LogP contribution in [0, 0.1) is 22.7 Å². The highest BCUT2D eigenvalue weighted by atomic mass is 32.1. The maximum atomic E-state index is 10.8. The van der Waals surface area contributed by atoms with E-state index in [0.29, 0.717) is 28.7 Å². The van der Waals surface area contributed by atoms with Crippen LogP contribution < -0.4 is 0 Å². The average Bonchev–Trinajstić information content (AvgIpc) is 3.70. The summed E-state index contributed by atoms with van der Waals surface area (Å²) in [6.45, 7) is 0. The number of nitrogens with zero attached hydrogens (tertiary/aromatic N) is 6. The number of hydrogen-bond donors (Lipinski definition) is 0. The molecular weight excluding hydrogens is 609 g/mol. The van der Waals surface area contributed by atoms with Crippen LogP contribution in [0.5, 0.6) is 0 Å². The molecule has 0 amide bonds. The minimum Gasteiger partial charge on any atom is -0.306 e. The highest BCUT2D eigenvalue weighted by Crippen LogP contribution is 2.44. The van der Waals surface area contributed by atoms with E-state index in [2.05, 4.69) is 65.2 Å². The quantitative estimate of drug-likeness (QED) is 0.193. The fraction of sp³-hybridized carbons (Fsp3) is 0. The molecule has 6 nitrogen and oxygen atoms in total. The summed E-state index contributed by atoms with van der Waals surface area (Å²) < 4.78 is 4.47. The van der Waals surface area contributed by atoms with Crippen molar-refractivity contribution in [1.29, 1.82) is 10.5 Å². The Kier molecular flexibility index (Phi) is 6.33. The molecule has 3 heterocycles. The van der Waals surface area contributed by atoms with E-state index in [4.69, 9.17) is 15.0 Å². The highest BCUT2D eigenvalue weighted by Gasteiger charge is 2.24. The van der Waals surface area contributed by atoms with Gasteiger partial charge in [0.25, 0.3) is 0 Å². The van der Waals surface area contributed by atoms with E-state index in [0.717, 1.165) is 43.0 Å². The Bertz CT molecular complexity index is 2740. The molecule has 0 saturated heterocycles. The second-order valence-electron chi connectivity index (χ2n) is 11.4. The third-order valence-electron chi connectivity index (χ3n) is 8.77. The van der Waals surface area contributed by atoms with E-state index < -0.39 is 0 Å². The van der Waals surface area contributed by atoms with Crippen molar-refractivity contribution in [3.05, 3.63) is 145 Å². The Morgan fingerprint density at radius 3 is 1.77 bits per heavy atom. The van der Waals surface area contributed by atoms with Crippen LogP contribution in [-0.2, 0) is 0 Å². The number of hydrogen-bond acceptors (Lipinski definition) is 6. The second kappa shape index (κ2) is 11.0. The minimum absolute atomic E-state index is 0.216. The fourth-order valence-corrected chi connectivity index (χ4v) is 7.84. The fourth-order valence-electron chi connectivity index (χ4n) is 6.60. The first kappa shape index (κ1) is 27.6. The van der Waals surface area contributed by atoms with Crippen molar-refractivity contribution in [2.45, 2.75) is 0 Å². The van der Waals surface area contributed by atoms with Crippen LogP contribution in [0.2, 0.25) is 0 Å². The maximum absolute atomic E-state index is 10.8. The zero-order valence-corrected chi connectivity index (χ0v) is 26.1. The predicted molar refractivity (Wildman–Crippen MR) is 193 cm³/mol. The van der Waals surface area contributed by atoms with E-state index >= 15 is 0 Å². The molecule has 0 bridgehead atoms. The molecule has 9 rings (SSSR count). The summed E-state index contributed by atoms with van der Waals surface area (Å²) in [4.78, 5) is 14.5. The summed E-state index contributed by atoms with van der Waals surface area (Å²) >= 11 is 1.74. The summed E-state index contributed by atoms with van der Waals surface area (Å²) in [7, 11) is 0. The second-order valence-corrected chi connectivity index (χ2v) is 12.5. The molecule has 0 aliphatic heterocycles. The molecule has 0 saturated carbocycles. The van der Waals surface area contributed by atoms with Gasteiger partial charge in [-0.05, 0) is 24.3 Å². The number of aromatic nitrogens is 4. The van der Waals surface area contributed by atoms with Gasteiger partial charge in [0.1, 0.15) is 12.1 Å². The number of nitriles is 2. The first-order valence-electron chi connectivity index (χ1n) is 15.4. The van der Waals surface area contributed by atoms with Gasteiger partial charge < -0.3 is 4.57 Å². The van der Waals surface area contributed by atoms with Gasteiger partial charge in [-0.25, -0.2) is 15.0 Å². The molecule has 3 aromatic heterocycles. The molecule has 0 atom stereocenters. The Morgan fingerprint density at radius 2 is 1.08 bits per heavy atom. The first-order chi connectivity index (χ1) is 23.7. The lowest BCUT2D eigenvalue weighted by molar-refractivity contribution is 1.07. The van der Waals surface area contributed by atoms with Crippen LogP contribution in [-0.4, -0.2) is 19.5 Å². The summed E-state index contributed by atoms with van der Waals surface area (Å²) in [5, 5.41) is 26.0. The van der Waals surface area contributed by atoms with Crippen LogP contribution in [0.3, 0.4) is 0 Å². The highest BCUT2D eigenvalue weighted by molar-refractivity contribution is 7.26. The number of para-hydroxylation sites is 1. The maximum Gasteiger partial charge on any atom is 0.165 e. The van der Waals surface area contributed by atoms with Gasteiger partial charge in [0.15, 0.2) is 17.5 Å². The molecule has 0 aliphatic carbocycles. The zero-order chi connectivity index (χ0) is 32.2. The van der Waals surface area contributed by atoms with E-state index in [1.807, 2.05) is 84.9 Å². The molecule has 0 unspecified atom stereocenters. The van der Waals surface area contributed by atoms with Gasteiger partial charge in [-0.15, -0.1) is 11.3 Å². The normalized spacial score (nSPS) is 11.3. The average molecular weight is 631 g/mol. The third kappa shape index (κ3) is 4.20. The van der Waals surface area contributed by atoms with Crippen LogP contribution in [0.1, 0.15) is 11.1 Å². The lowest BCUT2D eigenvalue weighted by atomic mass is 9.99. The van der Waals surface area contributed by atoms with E-state index in [9.17, 15) is 10.5 Å². The van der Waals surface area contributed by atoms with Crippen LogP contribution >= 0.6 is 11.3 Å². The largest absolute Gasteiger partial charge is 0.306 e. The predicted octanol–water partition coefficient (Wildman–Crippen LogP) is 10.1. The van der Waals surface area contributed by atoms with Gasteiger partial charge in [-0.1, -0.05) is 109 Å². The van der Waals surface area contributed by atoms with Crippen molar-refractivity contribution in [2.24, 2.45) is 0 Å². The van der Waals surface area contributed by atoms with E-state index in [1.54, 1.807) is 11.3 Å². The smallest absolute Gasteiger partial charge is 0.165 e. The van der Waals surface area contributed by atoms with Gasteiger partial charge in [0.2, 0.25) is 0 Å². The number of rotatable bonds is 4. The van der Waals surface area contributed by atoms with Gasteiger partial charge >= 0.3 is 0 Å². The van der Waals surface area contributed by atoms with E-state index in [1.165, 1.54) is 10.1 Å². The molecule has 0 N–H and O–H groups in total. The van der Waals surface area contributed by atoms with Crippen molar-refractivity contribution in [1.82, 2.24) is 19.5 Å². The van der Waals surface area contributed by atoms with Gasteiger partial charge in [-0.3, -0.25) is 0 Å². The first-order valence-corrected chi connectivity index (χ1v) is 16.2. The monoisotopic (exact) mass is 630 g/mol. The summed E-state index contributed by atoms with van der Waals surface area (Å²) in [5.41, 5.74) is 5.21. The van der Waals surface area contributed by atoms with Crippen molar-refractivity contribution < 1.29 is 0 Å². The number of thiophene rings is 1. The SMILES string of the molecule is N#Cc1c(-c2nc(-c3ccccc3)nc(-c3ccccc3)n2)ccc(-n2c3ccccc3c3ccc4c5ccccc5sc4c32)c1C#N. The van der Waals surface area contributed by atoms with E-state index in [-0.39, 0.29) is 11.1 Å². The molecule has 7 heteroatoms. The molecule has 0 aliphatic rings. The number of fused-ring (bicyclic) bond motifs is 7. The minimum atomic E-state index is 0.216. The summed E-state index contributed by atoms with van der Waals surface area (Å²) in [6.07, 6.45) is 0. The van der Waals surface area contributed by atoms with Gasteiger partial charge in [-0.2, -0.15) is 10.5 Å². The van der Waals surface area contributed by atoms with Gasteiger partial charge in [0, 0.05) is 42.9 Å². The Labute approximate surface area is 279 Å². The van der Waals surface area contributed by atoms with Gasteiger partial charge in [0.05, 0.1) is 32.5 Å². The molecule has 48 heavy (non-hydrogen) atoms. The third-order valence-corrected chi connectivity index (χ3v) is 9.96. The Balaban J connectivity index is 1.34. The molecule has 0 spiro atoms. The molecule has 9 aromatic rings. The lowest BCUT2D eigenvalue weighted by Gasteiger charge is -2.14. The zero-order valence-electron chi connectivity index (χ0n) is 25.3. The van der Waals surface area contributed by atoms with Crippen molar-refractivity contribution in [3.8, 4) is 52.0 Å².